The fraction of sp³-hybridized carbons (Fsp3) is 0.895. The summed E-state index contributed by atoms with van der Waals surface area (Å²) in [5.41, 5.74) is 0. The van der Waals surface area contributed by atoms with Gasteiger partial charge in [0.25, 0.3) is 0 Å². The number of urea groups is 1. The van der Waals surface area contributed by atoms with Crippen LogP contribution in [0.15, 0.2) is 0 Å². The molecule has 1 N–H and O–H groups in total. The van der Waals surface area contributed by atoms with E-state index in [1.807, 2.05) is 13.8 Å². The van der Waals surface area contributed by atoms with Crippen LogP contribution < -0.4 is 5.32 Å². The Kier molecular flexibility index (Phi) is 7.38. The Labute approximate surface area is 146 Å². The summed E-state index contributed by atoms with van der Waals surface area (Å²) in [7, 11) is 1.38. The van der Waals surface area contributed by atoms with Gasteiger partial charge in [0, 0.05) is 12.1 Å². The van der Waals surface area contributed by atoms with Gasteiger partial charge >= 0.3 is 12.0 Å². The second-order valence-electron chi connectivity index (χ2n) is 7.69. The van der Waals surface area contributed by atoms with Gasteiger partial charge in [-0.2, -0.15) is 0 Å². The first-order chi connectivity index (χ1) is 11.5. The standard InChI is InChI=1S/C19H34N2O3/c1-14(2)17(18(22)24-3)20-19(23)21(15-10-6-4-7-11-15)16-12-8-5-9-13-16/h14-17H,4-13H2,1-3H3,(H,20,23)/t17-/m0/s1. The molecule has 0 radical (unpaired) electrons. The number of amides is 2. The van der Waals surface area contributed by atoms with Gasteiger partial charge in [0.15, 0.2) is 0 Å². The third-order valence-electron chi connectivity index (χ3n) is 5.57. The normalized spacial score (nSPS) is 21.3. The van der Waals surface area contributed by atoms with E-state index >= 15 is 0 Å². The molecule has 2 aliphatic rings. The molecule has 5 heteroatoms. The van der Waals surface area contributed by atoms with Crippen molar-refractivity contribution in [2.75, 3.05) is 7.11 Å². The number of methoxy groups -OCH3 is 1. The fourth-order valence-corrected chi connectivity index (χ4v) is 4.18. The summed E-state index contributed by atoms with van der Waals surface area (Å²) in [4.78, 5) is 27.2. The average molecular weight is 338 g/mol. The largest absolute Gasteiger partial charge is 0.467 e. The topological polar surface area (TPSA) is 58.6 Å². The quantitative estimate of drug-likeness (QED) is 0.774. The van der Waals surface area contributed by atoms with Crippen molar-refractivity contribution >= 4 is 12.0 Å². The third-order valence-corrected chi connectivity index (χ3v) is 5.57. The summed E-state index contributed by atoms with van der Waals surface area (Å²) < 4.78 is 4.87. The summed E-state index contributed by atoms with van der Waals surface area (Å²) in [5, 5.41) is 2.97. The summed E-state index contributed by atoms with van der Waals surface area (Å²) in [5.74, 6) is -0.341. The number of hydrogen-bond acceptors (Lipinski definition) is 3. The van der Waals surface area contributed by atoms with Gasteiger partial charge in [-0.25, -0.2) is 9.59 Å². The molecule has 138 valence electrons. The maximum atomic E-state index is 13.1. The lowest BCUT2D eigenvalue weighted by Crippen LogP contribution is -2.57. The summed E-state index contributed by atoms with van der Waals surface area (Å²) >= 11 is 0. The second kappa shape index (κ2) is 9.28. The van der Waals surface area contributed by atoms with Gasteiger partial charge in [0.2, 0.25) is 0 Å². The van der Waals surface area contributed by atoms with Crippen molar-refractivity contribution in [1.29, 1.82) is 0 Å². The SMILES string of the molecule is COC(=O)[C@@H](NC(=O)N(C1CCCCC1)C1CCCCC1)C(C)C. The summed E-state index contributed by atoms with van der Waals surface area (Å²) in [6.45, 7) is 3.88. The molecule has 0 bridgehead atoms. The lowest BCUT2D eigenvalue weighted by Gasteiger charge is -2.42. The lowest BCUT2D eigenvalue weighted by atomic mass is 9.89. The number of rotatable bonds is 5. The Morgan fingerprint density at radius 2 is 1.38 bits per heavy atom. The number of esters is 1. The van der Waals surface area contributed by atoms with Crippen LogP contribution in [0.5, 0.6) is 0 Å². The zero-order valence-electron chi connectivity index (χ0n) is 15.6. The lowest BCUT2D eigenvalue weighted by molar-refractivity contribution is -0.144. The Morgan fingerprint density at radius 1 is 0.917 bits per heavy atom. The van der Waals surface area contributed by atoms with Gasteiger partial charge < -0.3 is 15.0 Å². The Hall–Kier alpha value is -1.26. The number of carbonyl (C=O) groups is 2. The third kappa shape index (κ3) is 4.87. The molecule has 0 aromatic heterocycles. The number of nitrogens with one attached hydrogen (secondary N) is 1. The average Bonchev–Trinajstić information content (AvgIpc) is 2.61. The number of carbonyl (C=O) groups excluding carboxylic acids is 2. The first kappa shape index (κ1) is 19.1. The van der Waals surface area contributed by atoms with Gasteiger partial charge in [-0.3, -0.25) is 0 Å². The molecule has 2 aliphatic carbocycles. The van der Waals surface area contributed by atoms with Crippen molar-refractivity contribution in [3.05, 3.63) is 0 Å². The molecule has 24 heavy (non-hydrogen) atoms. The van der Waals surface area contributed by atoms with Crippen LogP contribution in [0.2, 0.25) is 0 Å². The highest BCUT2D eigenvalue weighted by molar-refractivity contribution is 5.84. The minimum atomic E-state index is -0.572. The van der Waals surface area contributed by atoms with Gasteiger partial charge in [-0.15, -0.1) is 0 Å². The maximum absolute atomic E-state index is 13.1. The molecule has 5 nitrogen and oxygen atoms in total. The van der Waals surface area contributed by atoms with Gasteiger partial charge in [-0.1, -0.05) is 52.4 Å². The molecule has 0 aromatic carbocycles. The van der Waals surface area contributed by atoms with E-state index in [1.165, 1.54) is 45.6 Å². The number of hydrogen-bond donors (Lipinski definition) is 1. The highest BCUT2D eigenvalue weighted by Crippen LogP contribution is 2.30. The molecule has 1 atom stereocenters. The number of nitrogens with zero attached hydrogens (tertiary/aromatic N) is 1. The zero-order valence-corrected chi connectivity index (χ0v) is 15.6. The van der Waals surface area contributed by atoms with Crippen LogP contribution in [0, 0.1) is 5.92 Å². The van der Waals surface area contributed by atoms with Crippen LogP contribution in [0.25, 0.3) is 0 Å². The highest BCUT2D eigenvalue weighted by atomic mass is 16.5. The Balaban J connectivity index is 2.11. The monoisotopic (exact) mass is 338 g/mol. The summed E-state index contributed by atoms with van der Waals surface area (Å²) in [6, 6.07) is 0.00898. The molecule has 0 unspecified atom stereocenters. The van der Waals surface area contributed by atoms with Gasteiger partial charge in [0.1, 0.15) is 6.04 Å². The van der Waals surface area contributed by atoms with E-state index < -0.39 is 6.04 Å². The van der Waals surface area contributed by atoms with Crippen LogP contribution in [-0.2, 0) is 9.53 Å². The van der Waals surface area contributed by atoms with Crippen molar-refractivity contribution in [2.45, 2.75) is 96.2 Å². The van der Waals surface area contributed by atoms with Crippen LogP contribution in [0.4, 0.5) is 4.79 Å². The van der Waals surface area contributed by atoms with E-state index in [-0.39, 0.29) is 17.9 Å². The Bertz CT molecular complexity index is 395. The molecule has 0 spiro atoms. The molecular weight excluding hydrogens is 304 g/mol. The molecular formula is C19H34N2O3. The van der Waals surface area contributed by atoms with Crippen LogP contribution in [0.1, 0.15) is 78.1 Å². The molecule has 2 amide bonds. The van der Waals surface area contributed by atoms with Crippen molar-refractivity contribution in [2.24, 2.45) is 5.92 Å². The maximum Gasteiger partial charge on any atom is 0.328 e. The molecule has 0 heterocycles. The van der Waals surface area contributed by atoms with E-state index in [4.69, 9.17) is 4.74 Å². The zero-order chi connectivity index (χ0) is 17.5. The van der Waals surface area contributed by atoms with E-state index in [9.17, 15) is 9.59 Å². The minimum Gasteiger partial charge on any atom is -0.467 e. The predicted molar refractivity (Wildman–Crippen MR) is 94.8 cm³/mol. The van der Waals surface area contributed by atoms with E-state index in [0.29, 0.717) is 12.1 Å². The van der Waals surface area contributed by atoms with Crippen molar-refractivity contribution < 1.29 is 14.3 Å². The fourth-order valence-electron chi connectivity index (χ4n) is 4.18. The van der Waals surface area contributed by atoms with Crippen LogP contribution >= 0.6 is 0 Å². The molecule has 0 saturated heterocycles. The minimum absolute atomic E-state index is 0.0148. The van der Waals surface area contributed by atoms with Crippen molar-refractivity contribution in [3.8, 4) is 0 Å². The Morgan fingerprint density at radius 3 is 1.75 bits per heavy atom. The first-order valence-electron chi connectivity index (χ1n) is 9.71. The molecule has 2 fully saturated rings. The smallest absolute Gasteiger partial charge is 0.328 e. The van der Waals surface area contributed by atoms with Crippen LogP contribution in [0.3, 0.4) is 0 Å². The molecule has 0 aliphatic heterocycles. The highest BCUT2D eigenvalue weighted by Gasteiger charge is 2.35. The molecule has 2 saturated carbocycles. The molecule has 0 aromatic rings. The van der Waals surface area contributed by atoms with Crippen molar-refractivity contribution in [3.63, 3.8) is 0 Å². The van der Waals surface area contributed by atoms with E-state index in [2.05, 4.69) is 10.2 Å². The number of ether oxygens (including phenoxy) is 1. The van der Waals surface area contributed by atoms with Gasteiger partial charge in [-0.05, 0) is 31.6 Å². The summed E-state index contributed by atoms with van der Waals surface area (Å²) in [6.07, 6.45) is 11.7. The van der Waals surface area contributed by atoms with Gasteiger partial charge in [0.05, 0.1) is 7.11 Å². The second-order valence-corrected chi connectivity index (χ2v) is 7.69. The van der Waals surface area contributed by atoms with E-state index in [0.717, 1.165) is 25.7 Å². The first-order valence-corrected chi connectivity index (χ1v) is 9.71. The van der Waals surface area contributed by atoms with Crippen molar-refractivity contribution in [1.82, 2.24) is 10.2 Å². The van der Waals surface area contributed by atoms with Crippen LogP contribution in [-0.4, -0.2) is 42.1 Å². The molecule has 2 rings (SSSR count). The van der Waals surface area contributed by atoms with E-state index in [1.54, 1.807) is 0 Å². The predicted octanol–water partition coefficient (Wildman–Crippen LogP) is 3.86.